The molecule has 3 aliphatic heterocycles. The monoisotopic (exact) mass is 564 g/mol. The van der Waals surface area contributed by atoms with Gasteiger partial charge < -0.3 is 25.5 Å². The molecule has 9 heteroatoms. The van der Waals surface area contributed by atoms with Crippen LogP contribution >= 0.6 is 11.8 Å². The molecule has 3 aliphatic rings. The van der Waals surface area contributed by atoms with Crippen LogP contribution in [0.1, 0.15) is 32.8 Å². The van der Waals surface area contributed by atoms with Gasteiger partial charge >= 0.3 is 0 Å². The van der Waals surface area contributed by atoms with Gasteiger partial charge in [0.05, 0.1) is 29.2 Å². The van der Waals surface area contributed by atoms with Crippen molar-refractivity contribution in [3.8, 4) is 0 Å². The van der Waals surface area contributed by atoms with Crippen LogP contribution in [0.2, 0.25) is 0 Å². The fourth-order valence-electron chi connectivity index (χ4n) is 7.31. The van der Waals surface area contributed by atoms with Gasteiger partial charge in [0.15, 0.2) is 0 Å². The normalized spacial score (nSPS) is 29.3. The van der Waals surface area contributed by atoms with Gasteiger partial charge in [-0.15, -0.1) is 11.8 Å². The number of carbonyl (C=O) groups is 3. The lowest BCUT2D eigenvalue weighted by atomic mass is 9.66. The molecule has 1 spiro atoms. The average molecular weight is 565 g/mol. The van der Waals surface area contributed by atoms with E-state index in [-0.39, 0.29) is 35.5 Å². The van der Waals surface area contributed by atoms with Crippen LogP contribution in [0.3, 0.4) is 0 Å². The zero-order chi connectivity index (χ0) is 28.6. The maximum absolute atomic E-state index is 14.3. The highest BCUT2D eigenvalue weighted by Gasteiger charge is 2.76. The van der Waals surface area contributed by atoms with Crippen LogP contribution in [0.5, 0.6) is 0 Å². The summed E-state index contributed by atoms with van der Waals surface area (Å²) in [6.07, 6.45) is 1.19. The predicted molar refractivity (Wildman–Crippen MR) is 159 cm³/mol. The number of benzene rings is 2. The smallest absolute Gasteiger partial charge is 0.248 e. The Morgan fingerprint density at radius 1 is 1.10 bits per heavy atom. The Balaban J connectivity index is 1.52. The van der Waals surface area contributed by atoms with Crippen molar-refractivity contribution in [1.29, 1.82) is 0 Å². The summed E-state index contributed by atoms with van der Waals surface area (Å²) in [7, 11) is 1.60. The standard InChI is InChI=1S/C31H40N4O4S/c1-5-34(6-2)22-14-12-21(13-15-22)33-29(38)27-31-19(3)16-24(40-31)25(28(37)32-4)26(31)30(39)35(27)23(18-36)17-20-10-8-7-9-11-20/h7-15,19,23-27,36H,5-6,16-18H2,1-4H3,(H,32,37)(H,33,38)/t19?,23-,24-,25+,26+,27?,31?/m1/s1. The predicted octanol–water partition coefficient (Wildman–Crippen LogP) is 3.16. The fourth-order valence-corrected chi connectivity index (χ4v) is 9.72. The molecule has 3 saturated heterocycles. The molecule has 2 aromatic carbocycles. The average Bonchev–Trinajstić information content (AvgIpc) is 3.57. The number of rotatable bonds is 10. The second-order valence-corrected chi connectivity index (χ2v) is 12.7. The molecule has 2 bridgehead atoms. The number of aliphatic hydroxyl groups is 1. The highest BCUT2D eigenvalue weighted by Crippen LogP contribution is 2.68. The van der Waals surface area contributed by atoms with Gasteiger partial charge in [-0.3, -0.25) is 14.4 Å². The zero-order valence-corrected chi connectivity index (χ0v) is 24.5. The van der Waals surface area contributed by atoms with Crippen LogP contribution in [0, 0.1) is 17.8 Å². The summed E-state index contributed by atoms with van der Waals surface area (Å²) in [5.74, 6) is -1.68. The summed E-state index contributed by atoms with van der Waals surface area (Å²) < 4.78 is -0.742. The minimum absolute atomic E-state index is 0.0172. The quantitative estimate of drug-likeness (QED) is 0.410. The summed E-state index contributed by atoms with van der Waals surface area (Å²) in [6, 6.07) is 16.1. The van der Waals surface area contributed by atoms with Gasteiger partial charge in [-0.2, -0.15) is 0 Å². The molecule has 0 saturated carbocycles. The van der Waals surface area contributed by atoms with Gasteiger partial charge in [0.1, 0.15) is 6.04 Å². The van der Waals surface area contributed by atoms with Crippen LogP contribution in [-0.4, -0.2) is 76.6 Å². The van der Waals surface area contributed by atoms with E-state index in [9.17, 15) is 19.5 Å². The first-order chi connectivity index (χ1) is 19.3. The van der Waals surface area contributed by atoms with E-state index in [1.54, 1.807) is 23.7 Å². The lowest BCUT2D eigenvalue weighted by Crippen LogP contribution is -2.57. The Morgan fingerprint density at radius 3 is 2.38 bits per heavy atom. The van der Waals surface area contributed by atoms with Gasteiger partial charge in [0.2, 0.25) is 17.7 Å². The van der Waals surface area contributed by atoms with Crippen molar-refractivity contribution < 1.29 is 19.5 Å². The Morgan fingerprint density at radius 2 is 1.77 bits per heavy atom. The minimum Gasteiger partial charge on any atom is -0.394 e. The number of likely N-dealkylation sites (tertiary alicyclic amines) is 1. The SMILES string of the molecule is CCN(CC)c1ccc(NC(=O)C2N([C@@H](CO)Cc3ccccc3)C(=O)[C@@H]3[C@@H](C(=O)NC)[C@H]4CC(C)C23S4)cc1. The van der Waals surface area contributed by atoms with Crippen LogP contribution in [0.4, 0.5) is 11.4 Å². The summed E-state index contributed by atoms with van der Waals surface area (Å²) in [4.78, 5) is 45.6. The first-order valence-electron chi connectivity index (χ1n) is 14.3. The number of anilines is 2. The van der Waals surface area contributed by atoms with Crippen LogP contribution in [-0.2, 0) is 20.8 Å². The molecule has 8 nitrogen and oxygen atoms in total. The van der Waals surface area contributed by atoms with Crippen molar-refractivity contribution in [2.24, 2.45) is 17.8 Å². The molecule has 3 heterocycles. The first-order valence-corrected chi connectivity index (χ1v) is 15.2. The number of thioether (sulfide) groups is 1. The van der Waals surface area contributed by atoms with Crippen molar-refractivity contribution in [2.45, 2.75) is 55.7 Å². The van der Waals surface area contributed by atoms with Crippen molar-refractivity contribution in [3.63, 3.8) is 0 Å². The van der Waals surface area contributed by atoms with Crippen LogP contribution in [0.15, 0.2) is 54.6 Å². The minimum atomic E-state index is -0.812. The number of hydrogen-bond acceptors (Lipinski definition) is 6. The molecule has 3 amide bonds. The molecule has 7 atom stereocenters. The molecule has 3 N–H and O–H groups in total. The third-order valence-corrected chi connectivity index (χ3v) is 11.2. The molecule has 0 aromatic heterocycles. The highest BCUT2D eigenvalue weighted by molar-refractivity contribution is 8.02. The molecule has 3 unspecified atom stereocenters. The second kappa shape index (κ2) is 11.4. The molecular weight excluding hydrogens is 524 g/mol. The van der Waals surface area contributed by atoms with Crippen molar-refractivity contribution in [3.05, 3.63) is 60.2 Å². The lowest BCUT2D eigenvalue weighted by Gasteiger charge is -2.40. The Kier molecular flexibility index (Phi) is 8.15. The first kappa shape index (κ1) is 28.5. The molecule has 214 valence electrons. The maximum Gasteiger partial charge on any atom is 0.248 e. The Bertz CT molecular complexity index is 1240. The number of hydrogen-bond donors (Lipinski definition) is 3. The van der Waals surface area contributed by atoms with E-state index in [1.165, 1.54) is 0 Å². The molecule has 40 heavy (non-hydrogen) atoms. The van der Waals surface area contributed by atoms with E-state index in [1.807, 2.05) is 54.6 Å². The lowest BCUT2D eigenvalue weighted by molar-refractivity contribution is -0.142. The molecule has 5 rings (SSSR count). The van der Waals surface area contributed by atoms with E-state index < -0.39 is 28.7 Å². The third-order valence-electron chi connectivity index (χ3n) is 9.16. The largest absolute Gasteiger partial charge is 0.394 e. The second-order valence-electron chi connectivity index (χ2n) is 11.1. The summed E-state index contributed by atoms with van der Waals surface area (Å²) >= 11 is 1.64. The topological polar surface area (TPSA) is 102 Å². The van der Waals surface area contributed by atoms with E-state index in [2.05, 4.69) is 36.3 Å². The van der Waals surface area contributed by atoms with Crippen LogP contribution < -0.4 is 15.5 Å². The van der Waals surface area contributed by atoms with E-state index in [0.29, 0.717) is 12.1 Å². The maximum atomic E-state index is 14.3. The van der Waals surface area contributed by atoms with Gasteiger partial charge in [0, 0.05) is 36.8 Å². The summed E-state index contributed by atoms with van der Waals surface area (Å²) in [5.41, 5.74) is 2.71. The van der Waals surface area contributed by atoms with Crippen molar-refractivity contribution in [1.82, 2.24) is 10.2 Å². The Labute approximate surface area is 240 Å². The van der Waals surface area contributed by atoms with Gasteiger partial charge in [-0.05, 0) is 62.4 Å². The number of nitrogens with zero attached hydrogens (tertiary/aromatic N) is 2. The number of aliphatic hydroxyl groups excluding tert-OH is 1. The number of carbonyl (C=O) groups excluding carboxylic acids is 3. The van der Waals surface area contributed by atoms with Gasteiger partial charge in [-0.1, -0.05) is 37.3 Å². The van der Waals surface area contributed by atoms with E-state index >= 15 is 0 Å². The van der Waals surface area contributed by atoms with Crippen molar-refractivity contribution >= 4 is 40.9 Å². The number of nitrogens with one attached hydrogen (secondary N) is 2. The van der Waals surface area contributed by atoms with Crippen molar-refractivity contribution in [2.75, 3.05) is 37.0 Å². The molecule has 0 aliphatic carbocycles. The van der Waals surface area contributed by atoms with Crippen LogP contribution in [0.25, 0.3) is 0 Å². The van der Waals surface area contributed by atoms with Gasteiger partial charge in [0.25, 0.3) is 0 Å². The van der Waals surface area contributed by atoms with Gasteiger partial charge in [-0.25, -0.2) is 0 Å². The number of fused-ring (bicyclic) bond motifs is 1. The molecular formula is C31H40N4O4S. The highest BCUT2D eigenvalue weighted by atomic mass is 32.2. The molecule has 2 aromatic rings. The fraction of sp³-hybridized carbons (Fsp3) is 0.516. The van der Waals surface area contributed by atoms with E-state index in [4.69, 9.17) is 0 Å². The molecule has 0 radical (unpaired) electrons. The third kappa shape index (κ3) is 4.57. The summed E-state index contributed by atoms with van der Waals surface area (Å²) in [5, 5.41) is 16.4. The number of amides is 3. The van der Waals surface area contributed by atoms with E-state index in [0.717, 1.165) is 30.8 Å². The molecule has 3 fully saturated rings. The summed E-state index contributed by atoms with van der Waals surface area (Å²) in [6.45, 7) is 7.81. The zero-order valence-electron chi connectivity index (χ0n) is 23.7. The Hall–Kier alpha value is -3.04.